The third kappa shape index (κ3) is 6.04. The summed E-state index contributed by atoms with van der Waals surface area (Å²) >= 11 is 0. The maximum Gasteiger partial charge on any atom is 0.337 e. The summed E-state index contributed by atoms with van der Waals surface area (Å²) < 4.78 is 57.0. The first-order chi connectivity index (χ1) is 17.8. The average Bonchev–Trinajstić information content (AvgIpc) is 2.92. The summed E-state index contributed by atoms with van der Waals surface area (Å²) in [6, 6.07) is 15.1. The molecular weight excluding hydrogens is 505 g/mol. The second-order valence-electron chi connectivity index (χ2n) is 7.70. The Morgan fingerprint density at radius 3 is 2.38 bits per heavy atom. The molecular formula is C25H22FN3O7S. The predicted molar refractivity (Wildman–Crippen MR) is 132 cm³/mol. The van der Waals surface area contributed by atoms with Gasteiger partial charge in [-0.25, -0.2) is 23.0 Å². The molecule has 12 heteroatoms. The zero-order chi connectivity index (χ0) is 26.4. The molecule has 0 fully saturated rings. The van der Waals surface area contributed by atoms with E-state index in [1.165, 1.54) is 55.8 Å². The zero-order valence-corrected chi connectivity index (χ0v) is 20.4. The van der Waals surface area contributed by atoms with Gasteiger partial charge in [-0.3, -0.25) is 9.10 Å². The van der Waals surface area contributed by atoms with Gasteiger partial charge in [0, 0.05) is 6.07 Å². The molecule has 1 aliphatic heterocycles. The number of halogens is 1. The van der Waals surface area contributed by atoms with Gasteiger partial charge >= 0.3 is 5.97 Å². The van der Waals surface area contributed by atoms with Crippen molar-refractivity contribution in [3.8, 4) is 11.5 Å². The number of hydrogen-bond donors (Lipinski definition) is 1. The number of ether oxygens (including phenoxy) is 3. The minimum Gasteiger partial charge on any atom is -0.486 e. The van der Waals surface area contributed by atoms with Crippen LogP contribution in [0.15, 0.2) is 76.7 Å². The largest absolute Gasteiger partial charge is 0.486 e. The molecule has 192 valence electrons. The number of nitrogens with one attached hydrogen (secondary N) is 1. The highest BCUT2D eigenvalue weighted by Gasteiger charge is 2.29. The quantitative estimate of drug-likeness (QED) is 0.271. The van der Waals surface area contributed by atoms with Gasteiger partial charge in [0.1, 0.15) is 25.6 Å². The minimum absolute atomic E-state index is 0.0776. The number of fused-ring (bicyclic) bond motifs is 1. The Bertz CT molecular complexity index is 1430. The molecule has 1 amide bonds. The van der Waals surface area contributed by atoms with Crippen LogP contribution in [0.4, 0.5) is 10.1 Å². The van der Waals surface area contributed by atoms with Crippen molar-refractivity contribution in [1.82, 2.24) is 5.43 Å². The highest BCUT2D eigenvalue weighted by Crippen LogP contribution is 2.34. The van der Waals surface area contributed by atoms with Crippen molar-refractivity contribution in [2.24, 2.45) is 5.10 Å². The third-order valence-electron chi connectivity index (χ3n) is 5.24. The summed E-state index contributed by atoms with van der Waals surface area (Å²) in [6.07, 6.45) is 1.33. The summed E-state index contributed by atoms with van der Waals surface area (Å²) in [7, 11) is -3.00. The molecule has 0 aromatic heterocycles. The van der Waals surface area contributed by atoms with Crippen LogP contribution in [0.5, 0.6) is 11.5 Å². The molecule has 4 rings (SSSR count). The van der Waals surface area contributed by atoms with E-state index in [2.05, 4.69) is 15.3 Å². The van der Waals surface area contributed by atoms with Gasteiger partial charge in [0.15, 0.2) is 11.5 Å². The van der Waals surface area contributed by atoms with Gasteiger partial charge in [-0.1, -0.05) is 12.1 Å². The summed E-state index contributed by atoms with van der Waals surface area (Å²) in [4.78, 5) is 24.0. The van der Waals surface area contributed by atoms with Crippen molar-refractivity contribution < 1.29 is 36.6 Å². The van der Waals surface area contributed by atoms with Crippen LogP contribution in [0.25, 0.3) is 0 Å². The van der Waals surface area contributed by atoms with Crippen molar-refractivity contribution in [3.05, 3.63) is 83.7 Å². The van der Waals surface area contributed by atoms with Gasteiger partial charge < -0.3 is 14.2 Å². The first kappa shape index (κ1) is 25.6. The summed E-state index contributed by atoms with van der Waals surface area (Å²) in [5, 5.41) is 3.85. The summed E-state index contributed by atoms with van der Waals surface area (Å²) in [5.74, 6) is -1.12. The molecule has 1 N–H and O–H groups in total. The van der Waals surface area contributed by atoms with Gasteiger partial charge in [0.05, 0.1) is 29.5 Å². The number of anilines is 1. The van der Waals surface area contributed by atoms with E-state index in [1.54, 1.807) is 12.1 Å². The maximum atomic E-state index is 13.5. The number of carbonyl (C=O) groups is 2. The predicted octanol–water partition coefficient (Wildman–Crippen LogP) is 2.73. The van der Waals surface area contributed by atoms with Crippen molar-refractivity contribution in [2.45, 2.75) is 4.90 Å². The van der Waals surface area contributed by atoms with Gasteiger partial charge in [-0.05, 0) is 54.1 Å². The van der Waals surface area contributed by atoms with Gasteiger partial charge in [0.25, 0.3) is 15.9 Å². The SMILES string of the molecule is COC(=O)c1ccc(/C=N\NC(=O)CN(c2ccc(F)cc2)S(=O)(=O)c2ccc3c(c2)OCCO3)cc1. The topological polar surface area (TPSA) is 124 Å². The number of benzene rings is 3. The molecule has 0 saturated carbocycles. The highest BCUT2D eigenvalue weighted by atomic mass is 32.2. The molecule has 3 aromatic rings. The molecule has 0 saturated heterocycles. The lowest BCUT2D eigenvalue weighted by atomic mass is 10.1. The van der Waals surface area contributed by atoms with Gasteiger partial charge in [-0.15, -0.1) is 0 Å². The first-order valence-corrected chi connectivity index (χ1v) is 12.4. The number of sulfonamides is 1. The number of esters is 1. The van der Waals surface area contributed by atoms with E-state index in [9.17, 15) is 22.4 Å². The van der Waals surface area contributed by atoms with E-state index in [1.807, 2.05) is 0 Å². The fourth-order valence-electron chi connectivity index (χ4n) is 3.40. The fourth-order valence-corrected chi connectivity index (χ4v) is 4.84. The van der Waals surface area contributed by atoms with Crippen LogP contribution >= 0.6 is 0 Å². The second kappa shape index (κ2) is 11.1. The molecule has 37 heavy (non-hydrogen) atoms. The Kier molecular flexibility index (Phi) is 7.68. The van der Waals surface area contributed by atoms with Crippen molar-refractivity contribution in [2.75, 3.05) is 31.2 Å². The molecule has 1 heterocycles. The summed E-state index contributed by atoms with van der Waals surface area (Å²) in [5.41, 5.74) is 3.28. The lowest BCUT2D eigenvalue weighted by Crippen LogP contribution is -2.39. The number of methoxy groups -OCH3 is 1. The monoisotopic (exact) mass is 527 g/mol. The molecule has 0 radical (unpaired) electrons. The first-order valence-electron chi connectivity index (χ1n) is 11.0. The number of nitrogens with zero attached hydrogens (tertiary/aromatic N) is 2. The van der Waals surface area contributed by atoms with Crippen LogP contribution < -0.4 is 19.2 Å². The van der Waals surface area contributed by atoms with E-state index < -0.39 is 34.3 Å². The van der Waals surface area contributed by atoms with E-state index in [0.717, 1.165) is 16.4 Å². The minimum atomic E-state index is -4.27. The molecule has 0 atom stereocenters. The maximum absolute atomic E-state index is 13.5. The number of carbonyl (C=O) groups excluding carboxylic acids is 2. The van der Waals surface area contributed by atoms with E-state index in [0.29, 0.717) is 23.5 Å². The van der Waals surface area contributed by atoms with E-state index in [-0.39, 0.29) is 22.9 Å². The van der Waals surface area contributed by atoms with Crippen LogP contribution in [0.1, 0.15) is 15.9 Å². The van der Waals surface area contributed by atoms with E-state index in [4.69, 9.17) is 9.47 Å². The Labute approximate surface area is 212 Å². The number of hydrazone groups is 1. The molecule has 10 nitrogen and oxygen atoms in total. The Morgan fingerprint density at radius 2 is 1.70 bits per heavy atom. The second-order valence-corrected chi connectivity index (χ2v) is 9.56. The van der Waals surface area contributed by atoms with Crippen molar-refractivity contribution in [1.29, 1.82) is 0 Å². The molecule has 0 bridgehead atoms. The number of amides is 1. The lowest BCUT2D eigenvalue weighted by Gasteiger charge is -2.25. The van der Waals surface area contributed by atoms with Crippen molar-refractivity contribution >= 4 is 33.8 Å². The molecule has 3 aromatic carbocycles. The van der Waals surface area contributed by atoms with Crippen molar-refractivity contribution in [3.63, 3.8) is 0 Å². The van der Waals surface area contributed by atoms with E-state index >= 15 is 0 Å². The van der Waals surface area contributed by atoms with Crippen LogP contribution in [-0.2, 0) is 19.6 Å². The third-order valence-corrected chi connectivity index (χ3v) is 7.01. The molecule has 0 aliphatic carbocycles. The molecule has 1 aliphatic rings. The lowest BCUT2D eigenvalue weighted by molar-refractivity contribution is -0.119. The van der Waals surface area contributed by atoms with Crippen LogP contribution in [-0.4, -0.2) is 53.4 Å². The van der Waals surface area contributed by atoms with Crippen LogP contribution in [0.2, 0.25) is 0 Å². The molecule has 0 spiro atoms. The van der Waals surface area contributed by atoms with Crippen LogP contribution in [0, 0.1) is 5.82 Å². The Balaban J connectivity index is 1.53. The Morgan fingerprint density at radius 1 is 1.03 bits per heavy atom. The summed E-state index contributed by atoms with van der Waals surface area (Å²) in [6.45, 7) is -0.0258. The standard InChI is InChI=1S/C25H22FN3O7S/c1-34-25(31)18-4-2-17(3-5-18)15-27-28-24(30)16-29(20-8-6-19(26)7-9-20)37(32,33)21-10-11-22-23(14-21)36-13-12-35-22/h2-11,14-15H,12-13,16H2,1H3,(H,28,30)/b27-15-. The average molecular weight is 528 g/mol. The number of hydrogen-bond acceptors (Lipinski definition) is 8. The van der Waals surface area contributed by atoms with Gasteiger partial charge in [0.2, 0.25) is 0 Å². The smallest absolute Gasteiger partial charge is 0.337 e. The Hall–Kier alpha value is -4.45. The normalized spacial score (nSPS) is 12.7. The fraction of sp³-hybridized carbons (Fsp3) is 0.160. The van der Waals surface area contributed by atoms with Crippen LogP contribution in [0.3, 0.4) is 0 Å². The zero-order valence-electron chi connectivity index (χ0n) is 19.6. The van der Waals surface area contributed by atoms with Gasteiger partial charge in [-0.2, -0.15) is 5.10 Å². The highest BCUT2D eigenvalue weighted by molar-refractivity contribution is 7.92. The number of rotatable bonds is 8. The molecule has 0 unspecified atom stereocenters.